The lowest BCUT2D eigenvalue weighted by molar-refractivity contribution is 0.0599. The van der Waals surface area contributed by atoms with Crippen LogP contribution in [0.25, 0.3) is 0 Å². The lowest BCUT2D eigenvalue weighted by Gasteiger charge is -2.22. The van der Waals surface area contributed by atoms with Crippen molar-refractivity contribution < 1.29 is 9.53 Å². The predicted molar refractivity (Wildman–Crippen MR) is 69.7 cm³/mol. The number of carbonyl (C=O) groups excluding carboxylic acids is 1. The molecule has 0 spiro atoms. The molecule has 0 radical (unpaired) electrons. The van der Waals surface area contributed by atoms with Crippen LogP contribution in [0, 0.1) is 0 Å². The van der Waals surface area contributed by atoms with E-state index in [0.29, 0.717) is 17.3 Å². The van der Waals surface area contributed by atoms with Gasteiger partial charge in [0.15, 0.2) is 11.4 Å². The number of rotatable bonds is 3. The van der Waals surface area contributed by atoms with Crippen molar-refractivity contribution in [3.63, 3.8) is 0 Å². The van der Waals surface area contributed by atoms with Crippen LogP contribution in [0.1, 0.15) is 29.1 Å². The van der Waals surface area contributed by atoms with Gasteiger partial charge in [0.25, 0.3) is 5.91 Å². The second-order valence-electron chi connectivity index (χ2n) is 3.88. The van der Waals surface area contributed by atoms with Crippen LogP contribution < -0.4 is 4.90 Å². The lowest BCUT2D eigenvalue weighted by Crippen LogP contribution is -2.29. The number of aromatic nitrogens is 1. The maximum absolute atomic E-state index is 12.4. The van der Waals surface area contributed by atoms with Gasteiger partial charge in [0, 0.05) is 29.3 Å². The highest BCUT2D eigenvalue weighted by Crippen LogP contribution is 2.38. The Morgan fingerprint density at radius 3 is 3.00 bits per heavy atom. The summed E-state index contributed by atoms with van der Waals surface area (Å²) in [5.74, 6) is -0.0426. The molecule has 92 valence electrons. The first-order valence-electron chi connectivity index (χ1n) is 5.76. The predicted octanol–water partition coefficient (Wildman–Crippen LogP) is 2.84. The molecule has 0 unspecified atom stereocenters. The summed E-state index contributed by atoms with van der Waals surface area (Å²) in [5.41, 5.74) is 1.62. The second kappa shape index (κ2) is 4.51. The Morgan fingerprint density at radius 1 is 1.44 bits per heavy atom. The van der Waals surface area contributed by atoms with Crippen LogP contribution >= 0.6 is 11.3 Å². The molecule has 0 bridgehead atoms. The Hall–Kier alpha value is -1.72. The Kier molecular flexibility index (Phi) is 2.85. The van der Waals surface area contributed by atoms with Crippen LogP contribution in [-0.2, 0) is 4.74 Å². The molecular formula is C13H12N2O2S. The van der Waals surface area contributed by atoms with E-state index in [4.69, 9.17) is 4.74 Å². The van der Waals surface area contributed by atoms with E-state index >= 15 is 0 Å². The molecule has 0 N–H and O–H groups in total. The number of nitrogens with zero attached hydrogens (tertiary/aromatic N) is 2. The maximum Gasteiger partial charge on any atom is 0.262 e. The molecule has 2 aromatic rings. The van der Waals surface area contributed by atoms with Crippen LogP contribution in [0.3, 0.4) is 0 Å². The first-order chi connectivity index (χ1) is 8.83. The summed E-state index contributed by atoms with van der Waals surface area (Å²) in [6, 6.07) is 7.55. The highest BCUT2D eigenvalue weighted by atomic mass is 32.1. The van der Waals surface area contributed by atoms with E-state index in [1.807, 2.05) is 36.6 Å². The number of carbonyl (C=O) groups is 1. The Labute approximate surface area is 109 Å². The first kappa shape index (κ1) is 11.4. The van der Waals surface area contributed by atoms with Gasteiger partial charge in [-0.3, -0.25) is 9.69 Å². The third kappa shape index (κ3) is 1.63. The van der Waals surface area contributed by atoms with Crippen LogP contribution in [0.4, 0.5) is 5.13 Å². The molecule has 1 aromatic carbocycles. The minimum absolute atomic E-state index is 0.0426. The van der Waals surface area contributed by atoms with Crippen LogP contribution in [0.5, 0.6) is 0 Å². The Balaban J connectivity index is 2.08. The van der Waals surface area contributed by atoms with E-state index < -0.39 is 0 Å². The third-order valence-corrected chi connectivity index (χ3v) is 3.63. The van der Waals surface area contributed by atoms with Gasteiger partial charge in [0.1, 0.15) is 0 Å². The smallest absolute Gasteiger partial charge is 0.262 e. The lowest BCUT2D eigenvalue weighted by atomic mass is 10.1. The number of hydrogen-bond acceptors (Lipinski definition) is 4. The first-order valence-corrected chi connectivity index (χ1v) is 6.64. The Morgan fingerprint density at radius 2 is 2.28 bits per heavy atom. The van der Waals surface area contributed by atoms with E-state index in [1.54, 1.807) is 11.1 Å². The summed E-state index contributed by atoms with van der Waals surface area (Å²) < 4.78 is 5.71. The van der Waals surface area contributed by atoms with Gasteiger partial charge in [-0.15, -0.1) is 11.3 Å². The Bertz CT molecular complexity index is 568. The van der Waals surface area contributed by atoms with Crippen molar-refractivity contribution in [3.05, 3.63) is 47.0 Å². The summed E-state index contributed by atoms with van der Waals surface area (Å²) in [5, 5.41) is 2.53. The highest BCUT2D eigenvalue weighted by Gasteiger charge is 2.39. The zero-order chi connectivity index (χ0) is 12.5. The second-order valence-corrected chi connectivity index (χ2v) is 4.76. The normalized spacial score (nSPS) is 18.2. The van der Waals surface area contributed by atoms with Crippen LogP contribution in [0.2, 0.25) is 0 Å². The quantitative estimate of drug-likeness (QED) is 0.852. The summed E-state index contributed by atoms with van der Waals surface area (Å²) in [6.07, 6.45) is 1.34. The molecule has 0 aliphatic carbocycles. The van der Waals surface area contributed by atoms with Crippen molar-refractivity contribution in [1.82, 2.24) is 4.98 Å². The molecule has 1 aromatic heterocycles. The van der Waals surface area contributed by atoms with Gasteiger partial charge in [-0.1, -0.05) is 18.2 Å². The zero-order valence-corrected chi connectivity index (χ0v) is 10.7. The number of benzene rings is 1. The molecule has 5 heteroatoms. The molecule has 18 heavy (non-hydrogen) atoms. The van der Waals surface area contributed by atoms with E-state index in [1.165, 1.54) is 11.3 Å². The molecule has 1 amide bonds. The van der Waals surface area contributed by atoms with Crippen molar-refractivity contribution in [2.45, 2.75) is 13.2 Å². The molecule has 4 nitrogen and oxygen atoms in total. The average molecular weight is 260 g/mol. The third-order valence-electron chi connectivity index (χ3n) is 2.86. The monoisotopic (exact) mass is 260 g/mol. The number of anilines is 1. The van der Waals surface area contributed by atoms with Crippen LogP contribution in [0.15, 0.2) is 35.8 Å². The molecule has 1 aliphatic heterocycles. The van der Waals surface area contributed by atoms with Gasteiger partial charge >= 0.3 is 0 Å². The van der Waals surface area contributed by atoms with Crippen molar-refractivity contribution in [3.8, 4) is 0 Å². The molecule has 0 fully saturated rings. The molecule has 0 saturated carbocycles. The summed E-state index contributed by atoms with van der Waals surface area (Å²) in [7, 11) is 0. The SMILES string of the molecule is CCO[C@H]1c2ccccc2C(=O)N1c1nccs1. The largest absolute Gasteiger partial charge is 0.354 e. The van der Waals surface area contributed by atoms with Crippen molar-refractivity contribution in [1.29, 1.82) is 0 Å². The number of amides is 1. The number of thiazole rings is 1. The molecule has 1 atom stereocenters. The van der Waals surface area contributed by atoms with Gasteiger partial charge in [0.05, 0.1) is 0 Å². The van der Waals surface area contributed by atoms with Crippen molar-refractivity contribution >= 4 is 22.4 Å². The molecular weight excluding hydrogens is 248 g/mol. The fourth-order valence-corrected chi connectivity index (χ4v) is 2.78. The van der Waals surface area contributed by atoms with Crippen LogP contribution in [-0.4, -0.2) is 17.5 Å². The van der Waals surface area contributed by atoms with Gasteiger partial charge < -0.3 is 4.74 Å². The zero-order valence-electron chi connectivity index (χ0n) is 9.87. The number of hydrogen-bond donors (Lipinski definition) is 0. The van der Waals surface area contributed by atoms with Gasteiger partial charge in [0.2, 0.25) is 0 Å². The van der Waals surface area contributed by atoms with Crippen molar-refractivity contribution in [2.24, 2.45) is 0 Å². The van der Waals surface area contributed by atoms with Gasteiger partial charge in [-0.2, -0.15) is 0 Å². The summed E-state index contributed by atoms with van der Waals surface area (Å²) in [6.45, 7) is 2.47. The molecule has 2 heterocycles. The number of ether oxygens (including phenoxy) is 1. The minimum Gasteiger partial charge on any atom is -0.354 e. The standard InChI is InChI=1S/C13H12N2O2S/c1-2-17-12-10-6-4-3-5-9(10)11(16)15(12)13-14-7-8-18-13/h3-8,12H,2H2,1H3/t12-/m0/s1. The minimum atomic E-state index is -0.357. The number of fused-ring (bicyclic) bond motifs is 1. The van der Waals surface area contributed by atoms with E-state index in [-0.39, 0.29) is 12.1 Å². The van der Waals surface area contributed by atoms with E-state index in [9.17, 15) is 4.79 Å². The topological polar surface area (TPSA) is 42.4 Å². The maximum atomic E-state index is 12.4. The molecule has 1 aliphatic rings. The average Bonchev–Trinajstić information content (AvgIpc) is 2.99. The fourth-order valence-electron chi connectivity index (χ4n) is 2.13. The molecule has 3 rings (SSSR count). The van der Waals surface area contributed by atoms with Gasteiger partial charge in [-0.25, -0.2) is 4.98 Å². The fraction of sp³-hybridized carbons (Fsp3) is 0.231. The van der Waals surface area contributed by atoms with E-state index in [0.717, 1.165) is 5.56 Å². The van der Waals surface area contributed by atoms with Crippen molar-refractivity contribution in [2.75, 3.05) is 11.5 Å². The summed E-state index contributed by atoms with van der Waals surface area (Å²) >= 11 is 1.44. The van der Waals surface area contributed by atoms with E-state index in [2.05, 4.69) is 4.98 Å². The summed E-state index contributed by atoms with van der Waals surface area (Å²) in [4.78, 5) is 18.2. The molecule has 0 saturated heterocycles. The highest BCUT2D eigenvalue weighted by molar-refractivity contribution is 7.13. The van der Waals surface area contributed by atoms with Gasteiger partial charge in [-0.05, 0) is 13.0 Å².